The van der Waals surface area contributed by atoms with Gasteiger partial charge in [-0.25, -0.2) is 0 Å². The van der Waals surface area contributed by atoms with E-state index in [1.54, 1.807) is 7.11 Å². The molecule has 1 saturated heterocycles. The molecule has 1 heterocycles. The third-order valence-electron chi connectivity index (χ3n) is 5.94. The van der Waals surface area contributed by atoms with Gasteiger partial charge in [0, 0.05) is 14.0 Å². The second-order valence-electron chi connectivity index (χ2n) is 8.56. The quantitative estimate of drug-likeness (QED) is 0.380. The number of carbonyl (C=O) groups excluding carboxylic acids is 1. The predicted octanol–water partition coefficient (Wildman–Crippen LogP) is 5.29. The molecule has 2 aliphatic rings. The molecule has 1 fully saturated rings. The molecule has 0 amide bonds. The maximum atomic E-state index is 11.3. The molecule has 0 aromatic rings. The van der Waals surface area contributed by atoms with Crippen LogP contribution in [0, 0.1) is 0 Å². The third kappa shape index (κ3) is 6.62. The SMILES string of the molecule is COC(C)(C)C1=CC=C(C)CCC2OC2(C)CCC=C(COC(C)=O)CC1. The number of epoxide rings is 1. The van der Waals surface area contributed by atoms with Gasteiger partial charge < -0.3 is 14.2 Å². The van der Waals surface area contributed by atoms with Crippen molar-refractivity contribution in [1.82, 2.24) is 0 Å². The van der Waals surface area contributed by atoms with Crippen molar-refractivity contribution in [2.45, 2.75) is 90.4 Å². The van der Waals surface area contributed by atoms with E-state index in [4.69, 9.17) is 14.2 Å². The van der Waals surface area contributed by atoms with Crippen LogP contribution in [-0.2, 0) is 19.0 Å². The number of esters is 1. The van der Waals surface area contributed by atoms with E-state index in [0.717, 1.165) is 38.5 Å². The zero-order valence-corrected chi connectivity index (χ0v) is 17.9. The highest BCUT2D eigenvalue weighted by Crippen LogP contribution is 2.43. The molecule has 0 N–H and O–H groups in total. The Bertz CT molecular complexity index is 626. The lowest BCUT2D eigenvalue weighted by molar-refractivity contribution is -0.140. The topological polar surface area (TPSA) is 48.1 Å². The molecule has 0 saturated carbocycles. The molecule has 2 atom stereocenters. The summed E-state index contributed by atoms with van der Waals surface area (Å²) in [7, 11) is 1.75. The maximum Gasteiger partial charge on any atom is 0.302 e. The summed E-state index contributed by atoms with van der Waals surface area (Å²) in [5.74, 6) is -0.237. The highest BCUT2D eigenvalue weighted by molar-refractivity contribution is 5.66. The second-order valence-corrected chi connectivity index (χ2v) is 8.56. The molecule has 1 aliphatic carbocycles. The Morgan fingerprint density at radius 1 is 1.30 bits per heavy atom. The van der Waals surface area contributed by atoms with Gasteiger partial charge in [-0.05, 0) is 77.4 Å². The monoisotopic (exact) mass is 376 g/mol. The minimum Gasteiger partial charge on any atom is -0.461 e. The van der Waals surface area contributed by atoms with Crippen molar-refractivity contribution in [2.75, 3.05) is 13.7 Å². The number of carbonyl (C=O) groups is 1. The lowest BCUT2D eigenvalue weighted by atomic mass is 9.90. The van der Waals surface area contributed by atoms with Gasteiger partial charge in [-0.15, -0.1) is 0 Å². The number of hydrogen-bond acceptors (Lipinski definition) is 4. The lowest BCUT2D eigenvalue weighted by Crippen LogP contribution is -2.25. The molecule has 0 radical (unpaired) electrons. The third-order valence-corrected chi connectivity index (χ3v) is 5.94. The molecule has 2 rings (SSSR count). The number of rotatable bonds is 4. The zero-order valence-electron chi connectivity index (χ0n) is 17.9. The van der Waals surface area contributed by atoms with Crippen molar-refractivity contribution in [1.29, 1.82) is 0 Å². The summed E-state index contributed by atoms with van der Waals surface area (Å²) in [6.07, 6.45) is 12.8. The summed E-state index contributed by atoms with van der Waals surface area (Å²) in [6.45, 7) is 10.4. The minimum absolute atomic E-state index is 0.00643. The van der Waals surface area contributed by atoms with Gasteiger partial charge in [-0.3, -0.25) is 4.79 Å². The molecule has 0 aromatic carbocycles. The van der Waals surface area contributed by atoms with E-state index >= 15 is 0 Å². The van der Waals surface area contributed by atoms with E-state index in [-0.39, 0.29) is 17.2 Å². The van der Waals surface area contributed by atoms with Crippen LogP contribution in [0.3, 0.4) is 0 Å². The summed E-state index contributed by atoms with van der Waals surface area (Å²) >= 11 is 0. The van der Waals surface area contributed by atoms with Gasteiger partial charge in [0.15, 0.2) is 0 Å². The number of ether oxygens (including phenoxy) is 3. The fraction of sp³-hybridized carbons (Fsp3) is 0.696. The standard InChI is InChI=1S/C23H36O4/c1-17-9-12-20(22(3,4)25-6)13-11-19(16-26-18(2)24)8-7-15-23(5)21(27-23)14-10-17/h8-9,12,21H,7,10-11,13-16H2,1-6H3. The summed E-state index contributed by atoms with van der Waals surface area (Å²) in [4.78, 5) is 11.3. The first-order valence-corrected chi connectivity index (χ1v) is 10.1. The number of fused-ring (bicyclic) bond motifs is 1. The van der Waals surface area contributed by atoms with Crippen molar-refractivity contribution in [2.24, 2.45) is 0 Å². The molecule has 0 spiro atoms. The molecule has 1 aliphatic heterocycles. The Balaban J connectivity index is 2.22. The minimum atomic E-state index is -0.321. The molecular weight excluding hydrogens is 340 g/mol. The summed E-state index contributed by atoms with van der Waals surface area (Å²) in [6, 6.07) is 0. The van der Waals surface area contributed by atoms with Crippen LogP contribution in [0.25, 0.3) is 0 Å². The van der Waals surface area contributed by atoms with Gasteiger partial charge in [0.25, 0.3) is 0 Å². The molecule has 27 heavy (non-hydrogen) atoms. The van der Waals surface area contributed by atoms with E-state index < -0.39 is 0 Å². The first-order valence-electron chi connectivity index (χ1n) is 10.1. The van der Waals surface area contributed by atoms with E-state index in [1.165, 1.54) is 23.6 Å². The molecular formula is C23H36O4. The Kier molecular flexibility index (Phi) is 7.47. The van der Waals surface area contributed by atoms with Crippen molar-refractivity contribution >= 4 is 5.97 Å². The molecule has 0 aromatic heterocycles. The first kappa shape index (κ1) is 21.9. The van der Waals surface area contributed by atoms with Crippen molar-refractivity contribution in [3.05, 3.63) is 34.9 Å². The Morgan fingerprint density at radius 3 is 2.70 bits per heavy atom. The summed E-state index contributed by atoms with van der Waals surface area (Å²) < 4.78 is 17.0. The Morgan fingerprint density at radius 2 is 2.04 bits per heavy atom. The summed E-state index contributed by atoms with van der Waals surface area (Å²) in [5.41, 5.74) is 3.47. The van der Waals surface area contributed by atoms with Crippen LogP contribution >= 0.6 is 0 Å². The second kappa shape index (κ2) is 9.20. The molecule has 2 unspecified atom stereocenters. The van der Waals surface area contributed by atoms with Crippen LogP contribution < -0.4 is 0 Å². The van der Waals surface area contributed by atoms with Crippen LogP contribution in [0.15, 0.2) is 34.9 Å². The number of hydrogen-bond donors (Lipinski definition) is 0. The normalized spacial score (nSPS) is 27.5. The van der Waals surface area contributed by atoms with Gasteiger partial charge in [0.1, 0.15) is 6.61 Å². The highest BCUT2D eigenvalue weighted by Gasteiger charge is 2.50. The van der Waals surface area contributed by atoms with Crippen LogP contribution in [0.1, 0.15) is 73.1 Å². The van der Waals surface area contributed by atoms with Crippen molar-refractivity contribution in [3.63, 3.8) is 0 Å². The smallest absolute Gasteiger partial charge is 0.302 e. The van der Waals surface area contributed by atoms with E-state index in [0.29, 0.717) is 12.7 Å². The lowest BCUT2D eigenvalue weighted by Gasteiger charge is -2.27. The number of allylic oxidation sites excluding steroid dienone is 4. The van der Waals surface area contributed by atoms with Gasteiger partial charge in [-0.2, -0.15) is 0 Å². The summed E-state index contributed by atoms with van der Waals surface area (Å²) in [5, 5.41) is 0. The number of methoxy groups -OCH3 is 1. The van der Waals surface area contributed by atoms with Crippen LogP contribution in [0.5, 0.6) is 0 Å². The molecule has 4 nitrogen and oxygen atoms in total. The van der Waals surface area contributed by atoms with Crippen molar-refractivity contribution < 1.29 is 19.0 Å². The average molecular weight is 377 g/mol. The molecule has 0 bridgehead atoms. The van der Waals surface area contributed by atoms with E-state index in [9.17, 15) is 4.79 Å². The van der Waals surface area contributed by atoms with E-state index in [2.05, 4.69) is 45.9 Å². The van der Waals surface area contributed by atoms with Gasteiger partial charge in [0.2, 0.25) is 0 Å². The van der Waals surface area contributed by atoms with Crippen LogP contribution in [-0.4, -0.2) is 37.0 Å². The zero-order chi connectivity index (χ0) is 20.1. The van der Waals surface area contributed by atoms with E-state index in [1.807, 2.05) is 0 Å². The van der Waals surface area contributed by atoms with Crippen LogP contribution in [0.2, 0.25) is 0 Å². The Labute approximate surface area is 164 Å². The maximum absolute atomic E-state index is 11.3. The van der Waals surface area contributed by atoms with Crippen LogP contribution in [0.4, 0.5) is 0 Å². The first-order chi connectivity index (χ1) is 12.7. The highest BCUT2D eigenvalue weighted by atomic mass is 16.6. The molecule has 152 valence electrons. The Hall–Kier alpha value is -1.39. The fourth-order valence-corrected chi connectivity index (χ4v) is 3.56. The van der Waals surface area contributed by atoms with Gasteiger partial charge in [0.05, 0.1) is 17.3 Å². The fourth-order valence-electron chi connectivity index (χ4n) is 3.56. The average Bonchev–Trinajstić information content (AvgIpc) is 3.26. The van der Waals surface area contributed by atoms with Crippen molar-refractivity contribution in [3.8, 4) is 0 Å². The largest absolute Gasteiger partial charge is 0.461 e. The molecule has 4 heteroatoms. The van der Waals surface area contributed by atoms with Gasteiger partial charge in [-0.1, -0.05) is 23.8 Å². The predicted molar refractivity (Wildman–Crippen MR) is 109 cm³/mol. The van der Waals surface area contributed by atoms with Gasteiger partial charge >= 0.3 is 5.97 Å².